The third-order valence-electron chi connectivity index (χ3n) is 3.19. The summed E-state index contributed by atoms with van der Waals surface area (Å²) in [4.78, 5) is 0. The van der Waals surface area contributed by atoms with E-state index in [2.05, 4.69) is 15.8 Å². The molecule has 0 aliphatic carbocycles. The fourth-order valence-corrected chi connectivity index (χ4v) is 2.56. The van der Waals surface area contributed by atoms with Crippen molar-refractivity contribution in [2.75, 3.05) is 18.5 Å². The van der Waals surface area contributed by atoms with Gasteiger partial charge in [0.1, 0.15) is 0 Å². The summed E-state index contributed by atoms with van der Waals surface area (Å²) in [5, 5.41) is 8.05. The van der Waals surface area contributed by atoms with Crippen molar-refractivity contribution in [2.24, 2.45) is 5.10 Å². The monoisotopic (exact) mass is 391 g/mol. The first-order valence-corrected chi connectivity index (χ1v) is 9.16. The Hall–Kier alpha value is -2.31. The van der Waals surface area contributed by atoms with Crippen molar-refractivity contribution in [1.82, 2.24) is 5.43 Å². The van der Waals surface area contributed by atoms with Crippen molar-refractivity contribution in [1.29, 1.82) is 0 Å². The van der Waals surface area contributed by atoms with Gasteiger partial charge in [-0.3, -0.25) is 5.43 Å². The number of nitrogens with zero attached hydrogens (tertiary/aromatic N) is 1. The molecule has 26 heavy (non-hydrogen) atoms. The number of thiocarbonyl (C=S) groups is 1. The van der Waals surface area contributed by atoms with E-state index in [-0.39, 0.29) is 0 Å². The highest BCUT2D eigenvalue weighted by atomic mass is 35.5. The molecule has 2 rings (SSSR count). The van der Waals surface area contributed by atoms with Crippen LogP contribution in [0.4, 0.5) is 5.69 Å². The van der Waals surface area contributed by atoms with E-state index in [1.807, 2.05) is 50.2 Å². The molecule has 0 atom stereocenters. The highest BCUT2D eigenvalue weighted by Gasteiger charge is 2.11. The van der Waals surface area contributed by atoms with Crippen LogP contribution < -0.4 is 20.2 Å². The maximum Gasteiger partial charge on any atom is 0.191 e. The van der Waals surface area contributed by atoms with Crippen LogP contribution in [0.2, 0.25) is 5.02 Å². The molecule has 0 radical (unpaired) electrons. The topological polar surface area (TPSA) is 54.9 Å². The van der Waals surface area contributed by atoms with E-state index in [4.69, 9.17) is 33.3 Å². The Morgan fingerprint density at radius 1 is 1.19 bits per heavy atom. The second-order valence-corrected chi connectivity index (χ2v) is 6.12. The van der Waals surface area contributed by atoms with Crippen LogP contribution in [0.15, 0.2) is 47.6 Å². The first-order valence-electron chi connectivity index (χ1n) is 8.38. The molecule has 0 amide bonds. The average molecular weight is 392 g/mol. The van der Waals surface area contributed by atoms with E-state index in [9.17, 15) is 0 Å². The predicted molar refractivity (Wildman–Crippen MR) is 112 cm³/mol. The fraction of sp³-hybridized carbons (Fsp3) is 0.263. The SMILES string of the molecule is CCCOc1c(Cl)cc(/C=N/NC(=S)Nc2ccccc2)cc1OCC. The Labute approximate surface area is 164 Å². The van der Waals surface area contributed by atoms with E-state index < -0.39 is 0 Å². The van der Waals surface area contributed by atoms with Gasteiger partial charge in [0, 0.05) is 5.69 Å². The van der Waals surface area contributed by atoms with Gasteiger partial charge in [-0.15, -0.1) is 0 Å². The third kappa shape index (κ3) is 6.20. The minimum Gasteiger partial charge on any atom is -0.490 e. The minimum atomic E-state index is 0.395. The van der Waals surface area contributed by atoms with Crippen molar-refractivity contribution in [3.8, 4) is 11.5 Å². The zero-order chi connectivity index (χ0) is 18.8. The van der Waals surface area contributed by atoms with E-state index in [0.29, 0.717) is 34.8 Å². The summed E-state index contributed by atoms with van der Waals surface area (Å²) in [5.41, 5.74) is 4.44. The van der Waals surface area contributed by atoms with Gasteiger partial charge in [-0.05, 0) is 55.4 Å². The minimum absolute atomic E-state index is 0.395. The lowest BCUT2D eigenvalue weighted by Gasteiger charge is -2.13. The quantitative estimate of drug-likeness (QED) is 0.383. The number of para-hydroxylation sites is 1. The van der Waals surface area contributed by atoms with E-state index in [0.717, 1.165) is 17.7 Å². The summed E-state index contributed by atoms with van der Waals surface area (Å²) in [5.74, 6) is 1.15. The van der Waals surface area contributed by atoms with Gasteiger partial charge in [-0.25, -0.2) is 0 Å². The van der Waals surface area contributed by atoms with Crippen LogP contribution in [0.1, 0.15) is 25.8 Å². The molecule has 0 saturated carbocycles. The van der Waals surface area contributed by atoms with Gasteiger partial charge in [-0.1, -0.05) is 36.7 Å². The van der Waals surface area contributed by atoms with Crippen molar-refractivity contribution in [3.63, 3.8) is 0 Å². The summed E-state index contributed by atoms with van der Waals surface area (Å²) in [6, 6.07) is 13.2. The molecule has 7 heteroatoms. The average Bonchev–Trinajstić information content (AvgIpc) is 2.62. The van der Waals surface area contributed by atoms with Gasteiger partial charge in [0.15, 0.2) is 16.6 Å². The van der Waals surface area contributed by atoms with Crippen LogP contribution in [-0.4, -0.2) is 24.5 Å². The van der Waals surface area contributed by atoms with Crippen molar-refractivity contribution in [3.05, 3.63) is 53.1 Å². The molecule has 0 aliphatic rings. The first-order chi connectivity index (χ1) is 12.6. The summed E-state index contributed by atoms with van der Waals surface area (Å²) in [6.45, 7) is 5.04. The number of ether oxygens (including phenoxy) is 2. The number of anilines is 1. The number of hydrogen-bond donors (Lipinski definition) is 2. The van der Waals surface area contributed by atoms with Gasteiger partial charge in [0.05, 0.1) is 24.5 Å². The van der Waals surface area contributed by atoms with Crippen LogP contribution in [0.5, 0.6) is 11.5 Å². The van der Waals surface area contributed by atoms with Crippen LogP contribution >= 0.6 is 23.8 Å². The molecule has 0 aromatic heterocycles. The number of benzene rings is 2. The van der Waals surface area contributed by atoms with Crippen molar-refractivity contribution < 1.29 is 9.47 Å². The van der Waals surface area contributed by atoms with E-state index in [1.165, 1.54) is 0 Å². The molecule has 2 aromatic carbocycles. The van der Waals surface area contributed by atoms with Crippen LogP contribution in [0.3, 0.4) is 0 Å². The Morgan fingerprint density at radius 3 is 2.65 bits per heavy atom. The number of rotatable bonds is 8. The molecule has 0 heterocycles. The zero-order valence-corrected chi connectivity index (χ0v) is 16.4. The third-order valence-corrected chi connectivity index (χ3v) is 3.67. The van der Waals surface area contributed by atoms with Crippen molar-refractivity contribution in [2.45, 2.75) is 20.3 Å². The van der Waals surface area contributed by atoms with Gasteiger partial charge >= 0.3 is 0 Å². The van der Waals surface area contributed by atoms with Gasteiger partial charge in [-0.2, -0.15) is 5.10 Å². The molecule has 138 valence electrons. The summed E-state index contributed by atoms with van der Waals surface area (Å²) in [6.07, 6.45) is 2.51. The smallest absolute Gasteiger partial charge is 0.191 e. The Balaban J connectivity index is 2.03. The van der Waals surface area contributed by atoms with Crippen LogP contribution in [0, 0.1) is 0 Å². The summed E-state index contributed by atoms with van der Waals surface area (Å²) >= 11 is 11.5. The maximum atomic E-state index is 6.33. The second-order valence-electron chi connectivity index (χ2n) is 5.30. The summed E-state index contributed by atoms with van der Waals surface area (Å²) < 4.78 is 11.3. The first kappa shape index (κ1) is 20.0. The molecule has 2 aromatic rings. The highest BCUT2D eigenvalue weighted by molar-refractivity contribution is 7.80. The van der Waals surface area contributed by atoms with Crippen LogP contribution in [0.25, 0.3) is 0 Å². The van der Waals surface area contributed by atoms with Crippen molar-refractivity contribution >= 4 is 40.8 Å². The number of hydrazone groups is 1. The largest absolute Gasteiger partial charge is 0.490 e. The molecular formula is C19H22ClN3O2S. The normalized spacial score (nSPS) is 10.6. The lowest BCUT2D eigenvalue weighted by atomic mass is 10.2. The summed E-state index contributed by atoms with van der Waals surface area (Å²) in [7, 11) is 0. The van der Waals surface area contributed by atoms with E-state index >= 15 is 0 Å². The molecule has 0 bridgehead atoms. The molecule has 0 aliphatic heterocycles. The highest BCUT2D eigenvalue weighted by Crippen LogP contribution is 2.36. The maximum absolute atomic E-state index is 6.33. The van der Waals surface area contributed by atoms with Gasteiger partial charge < -0.3 is 14.8 Å². The number of hydrogen-bond acceptors (Lipinski definition) is 4. The van der Waals surface area contributed by atoms with Gasteiger partial charge in [0.25, 0.3) is 0 Å². The molecule has 0 fully saturated rings. The molecule has 0 unspecified atom stereocenters. The Morgan fingerprint density at radius 2 is 1.96 bits per heavy atom. The van der Waals surface area contributed by atoms with Gasteiger partial charge in [0.2, 0.25) is 0 Å². The lowest BCUT2D eigenvalue weighted by molar-refractivity contribution is 0.277. The lowest BCUT2D eigenvalue weighted by Crippen LogP contribution is -2.23. The second kappa shape index (κ2) is 10.6. The Kier molecular flexibility index (Phi) is 8.18. The molecule has 0 saturated heterocycles. The molecule has 5 nitrogen and oxygen atoms in total. The zero-order valence-electron chi connectivity index (χ0n) is 14.8. The number of halogens is 1. The standard InChI is InChI=1S/C19H22ClN3O2S/c1-3-10-25-18-16(20)11-14(12-17(18)24-4-2)13-21-23-19(26)22-15-8-6-5-7-9-15/h5-9,11-13H,3-4,10H2,1-2H3,(H2,22,23,26)/b21-13+. The predicted octanol–water partition coefficient (Wildman–Crippen LogP) is 4.85. The number of nitrogens with one attached hydrogen (secondary N) is 2. The fourth-order valence-electron chi connectivity index (χ4n) is 2.12. The molecular weight excluding hydrogens is 370 g/mol. The molecule has 2 N–H and O–H groups in total. The van der Waals surface area contributed by atoms with Crippen LogP contribution in [-0.2, 0) is 0 Å². The molecule has 0 spiro atoms. The van der Waals surface area contributed by atoms with E-state index in [1.54, 1.807) is 12.3 Å². The Bertz CT molecular complexity index is 754.